The van der Waals surface area contributed by atoms with Gasteiger partial charge in [0.2, 0.25) is 21.8 Å². The Hall–Kier alpha value is -3.74. The Morgan fingerprint density at radius 1 is 1.12 bits per heavy atom. The Bertz CT molecular complexity index is 1760. The second-order valence-electron chi connectivity index (χ2n) is 15.3. The van der Waals surface area contributed by atoms with Gasteiger partial charge in [-0.1, -0.05) is 31.1 Å². The summed E-state index contributed by atoms with van der Waals surface area (Å²) in [6.45, 7) is 7.31. The first kappa shape index (κ1) is 35.1. The van der Waals surface area contributed by atoms with Crippen molar-refractivity contribution in [1.82, 2.24) is 14.6 Å². The van der Waals surface area contributed by atoms with Crippen LogP contribution >= 0.6 is 0 Å². The minimum atomic E-state index is -3.83. The molecule has 4 aliphatic rings. The number of hydrogen-bond donors (Lipinski definition) is 1. The number of nitrogens with zero attached hydrogens (tertiary/aromatic N) is 2. The number of fused-ring (bicyclic) bond motifs is 3. The Morgan fingerprint density at radius 3 is 2.63 bits per heavy atom. The third kappa shape index (κ3) is 8.19. The molecule has 5 atom stereocenters. The van der Waals surface area contributed by atoms with Gasteiger partial charge in [-0.3, -0.25) is 23.9 Å². The largest absolute Gasteiger partial charge is 0.460 e. The van der Waals surface area contributed by atoms with E-state index in [1.54, 1.807) is 26.8 Å². The first-order valence-corrected chi connectivity index (χ1v) is 19.0. The highest BCUT2D eigenvalue weighted by atomic mass is 32.2. The fourth-order valence-electron chi connectivity index (χ4n) is 7.11. The van der Waals surface area contributed by atoms with Gasteiger partial charge < -0.3 is 18.8 Å². The quantitative estimate of drug-likeness (QED) is 0.310. The topological polar surface area (TPSA) is 162 Å². The minimum Gasteiger partial charge on any atom is -0.460 e. The second kappa shape index (κ2) is 13.5. The van der Waals surface area contributed by atoms with Crippen molar-refractivity contribution in [3.63, 3.8) is 0 Å². The number of aryl methyl sites for hydroxylation is 1. The van der Waals surface area contributed by atoms with Crippen molar-refractivity contribution >= 4 is 44.7 Å². The van der Waals surface area contributed by atoms with Crippen LogP contribution in [0.2, 0.25) is 0 Å². The molecule has 2 aliphatic carbocycles. The number of esters is 1. The molecule has 3 fully saturated rings. The molecule has 13 heteroatoms. The van der Waals surface area contributed by atoms with Crippen molar-refractivity contribution in [2.24, 2.45) is 17.3 Å². The average molecular weight is 698 g/mol. The Morgan fingerprint density at radius 2 is 1.90 bits per heavy atom. The van der Waals surface area contributed by atoms with E-state index in [2.05, 4.69) is 9.71 Å². The number of benzene rings is 1. The fourth-order valence-corrected chi connectivity index (χ4v) is 8.50. The normalized spacial score (nSPS) is 28.9. The van der Waals surface area contributed by atoms with Crippen LogP contribution in [-0.2, 0) is 33.9 Å². The lowest BCUT2D eigenvalue weighted by molar-refractivity contribution is -0.159. The van der Waals surface area contributed by atoms with Gasteiger partial charge in [-0.05, 0) is 89.8 Å². The maximum Gasteiger partial charge on any atom is 0.394 e. The van der Waals surface area contributed by atoms with Gasteiger partial charge >= 0.3 is 12.0 Å². The van der Waals surface area contributed by atoms with Gasteiger partial charge in [0.15, 0.2) is 11.4 Å². The number of ether oxygens (including phenoxy) is 2. The van der Waals surface area contributed by atoms with Crippen LogP contribution in [0.5, 0.6) is 6.08 Å². The monoisotopic (exact) mass is 697 g/mol. The number of sulfonamides is 1. The second-order valence-corrected chi connectivity index (χ2v) is 17.2. The fraction of sp³-hybridized carbons (Fsp3) is 0.639. The summed E-state index contributed by atoms with van der Waals surface area (Å²) in [5.74, 6) is -2.87. The Kier molecular flexibility index (Phi) is 9.69. The van der Waals surface area contributed by atoms with E-state index < -0.39 is 56.2 Å². The van der Waals surface area contributed by atoms with Gasteiger partial charge in [0.05, 0.1) is 29.7 Å². The molecule has 1 N–H and O–H groups in total. The summed E-state index contributed by atoms with van der Waals surface area (Å²) in [5.41, 5.74) is 0.215. The van der Waals surface area contributed by atoms with E-state index in [4.69, 9.17) is 13.9 Å². The minimum absolute atomic E-state index is 0.0204. The van der Waals surface area contributed by atoms with Crippen LogP contribution in [0.1, 0.15) is 97.0 Å². The molecule has 2 saturated carbocycles. The summed E-state index contributed by atoms with van der Waals surface area (Å²) in [6, 6.07) is 4.61. The molecular weight excluding hydrogens is 650 g/mol. The molecule has 1 saturated heterocycles. The molecule has 266 valence electrons. The number of ketones is 1. The zero-order chi connectivity index (χ0) is 35.1. The highest BCUT2D eigenvalue weighted by Gasteiger charge is 2.61. The number of nitrogens with one attached hydrogen (secondary N) is 1. The predicted octanol–water partition coefficient (Wildman–Crippen LogP) is 4.93. The van der Waals surface area contributed by atoms with Gasteiger partial charge in [-0.15, -0.1) is 0 Å². The number of amides is 2. The maximum atomic E-state index is 14.4. The highest BCUT2D eigenvalue weighted by molar-refractivity contribution is 7.90. The zero-order valence-corrected chi connectivity index (χ0v) is 29.6. The molecule has 2 aliphatic heterocycles. The average Bonchev–Trinajstić information content (AvgIpc) is 3.90. The molecule has 3 heterocycles. The standard InChI is InChI=1S/C36H47N3O9S/c1-22-12-15-30-27(16-22)37-34(47-30)46-25-18-28-29(40)20-36(33(43)38-49(44,45)26-13-14-26)19-24(36)11-9-7-5-6-8-10-23(32(42)39(28)21-25)17-31(41)48-35(2,3)4/h9,11-12,15-16,23-26,28H,5-8,10,13-14,17-21H2,1-4H3,(H,38,43)/b11-9-/t23-,24-,25-,28+,36-/m1/s1. The van der Waals surface area contributed by atoms with E-state index in [1.165, 1.54) is 4.90 Å². The van der Waals surface area contributed by atoms with Crippen LogP contribution in [0.25, 0.3) is 11.1 Å². The molecule has 0 bridgehead atoms. The summed E-state index contributed by atoms with van der Waals surface area (Å²) in [4.78, 5) is 61.2. The lowest BCUT2D eigenvalue weighted by atomic mass is 9.90. The highest BCUT2D eigenvalue weighted by Crippen LogP contribution is 2.57. The zero-order valence-electron chi connectivity index (χ0n) is 28.7. The van der Waals surface area contributed by atoms with Crippen molar-refractivity contribution in [3.8, 4) is 6.08 Å². The van der Waals surface area contributed by atoms with Crippen molar-refractivity contribution in [2.45, 2.75) is 121 Å². The summed E-state index contributed by atoms with van der Waals surface area (Å²) in [6.07, 6.45) is 7.98. The van der Waals surface area contributed by atoms with E-state index in [9.17, 15) is 27.6 Å². The molecule has 12 nitrogen and oxygen atoms in total. The number of oxazole rings is 1. The van der Waals surface area contributed by atoms with Gasteiger partial charge in [0, 0.05) is 18.8 Å². The molecule has 0 unspecified atom stereocenters. The van der Waals surface area contributed by atoms with Crippen LogP contribution in [0.15, 0.2) is 34.8 Å². The van der Waals surface area contributed by atoms with Gasteiger partial charge in [-0.25, -0.2) is 8.42 Å². The summed E-state index contributed by atoms with van der Waals surface area (Å²) >= 11 is 0. The van der Waals surface area contributed by atoms with Gasteiger partial charge in [0.25, 0.3) is 0 Å². The van der Waals surface area contributed by atoms with Gasteiger partial charge in [0.1, 0.15) is 17.2 Å². The third-order valence-corrected chi connectivity index (χ3v) is 11.8. The van der Waals surface area contributed by atoms with Gasteiger partial charge in [-0.2, -0.15) is 4.98 Å². The van der Waals surface area contributed by atoms with Crippen molar-refractivity contribution < 1.29 is 41.5 Å². The SMILES string of the molecule is Cc1ccc2oc(O[C@@H]3C[C@H]4C(=O)C[C@]5(C(=O)NS(=O)(=O)C6CC6)C[C@H]5/C=C\CCCCC[C@H](CC(=O)OC(C)(C)C)C(=O)N4C3)nc2c1. The lowest BCUT2D eigenvalue weighted by Gasteiger charge is -2.29. The summed E-state index contributed by atoms with van der Waals surface area (Å²) in [5, 5.41) is -0.586. The first-order chi connectivity index (χ1) is 23.1. The Labute approximate surface area is 287 Å². The smallest absolute Gasteiger partial charge is 0.394 e. The number of rotatable bonds is 7. The van der Waals surface area contributed by atoms with E-state index in [1.807, 2.05) is 31.2 Å². The van der Waals surface area contributed by atoms with Crippen molar-refractivity contribution in [1.29, 1.82) is 0 Å². The molecule has 1 aromatic heterocycles. The van der Waals surface area contributed by atoms with Crippen LogP contribution in [-0.4, -0.2) is 71.4 Å². The maximum absolute atomic E-state index is 14.4. The number of hydrogen-bond acceptors (Lipinski definition) is 10. The predicted molar refractivity (Wildman–Crippen MR) is 180 cm³/mol. The van der Waals surface area contributed by atoms with Crippen LogP contribution < -0.4 is 9.46 Å². The summed E-state index contributed by atoms with van der Waals surface area (Å²) < 4.78 is 45.4. The van der Waals surface area contributed by atoms with E-state index >= 15 is 0 Å². The third-order valence-electron chi connectivity index (χ3n) is 9.96. The van der Waals surface area contributed by atoms with Crippen LogP contribution in [0.3, 0.4) is 0 Å². The van der Waals surface area contributed by atoms with E-state index in [0.29, 0.717) is 43.2 Å². The molecular formula is C36H47N3O9S. The van der Waals surface area contributed by atoms with Crippen molar-refractivity contribution in [3.05, 3.63) is 35.9 Å². The number of allylic oxidation sites excluding steroid dienone is 2. The van der Waals surface area contributed by atoms with Crippen LogP contribution in [0, 0.1) is 24.2 Å². The first-order valence-electron chi connectivity index (χ1n) is 17.5. The molecule has 2 aromatic rings. The molecule has 2 amide bonds. The molecule has 6 rings (SSSR count). The molecule has 1 aromatic carbocycles. The molecule has 49 heavy (non-hydrogen) atoms. The Balaban J connectivity index is 1.28. The molecule has 0 radical (unpaired) electrons. The number of Topliss-reactive ketones (excluding diaryl/α,β-unsaturated/α-hetero) is 1. The number of carbonyl (C=O) groups is 4. The van der Waals surface area contributed by atoms with Crippen molar-refractivity contribution in [2.75, 3.05) is 6.54 Å². The lowest BCUT2D eigenvalue weighted by Crippen LogP contribution is -2.46. The molecule has 0 spiro atoms. The summed E-state index contributed by atoms with van der Waals surface area (Å²) in [7, 11) is -3.83. The number of aromatic nitrogens is 1. The van der Waals surface area contributed by atoms with Crippen LogP contribution in [0.4, 0.5) is 0 Å². The van der Waals surface area contributed by atoms with E-state index in [-0.39, 0.29) is 49.5 Å². The number of carbonyl (C=O) groups excluding carboxylic acids is 4. The van der Waals surface area contributed by atoms with E-state index in [0.717, 1.165) is 24.8 Å².